The van der Waals surface area contributed by atoms with Crippen molar-refractivity contribution in [2.24, 2.45) is 0 Å². The SMILES string of the molecule is COc1cc(N2CCC(N(C)C)CC2)ccc1Nc1cc2c(nn1)CCCN2Cc1c(F)ccc(F)c1Cl. The maximum absolute atomic E-state index is 14.5. The lowest BCUT2D eigenvalue weighted by Gasteiger charge is -2.36. The molecule has 1 aromatic heterocycles. The molecule has 10 heteroatoms. The van der Waals surface area contributed by atoms with Crippen molar-refractivity contribution in [1.82, 2.24) is 15.1 Å². The first kappa shape index (κ1) is 26.4. The smallest absolute Gasteiger partial charge is 0.155 e. The number of aryl methyl sites for hydroxylation is 1. The number of methoxy groups -OCH3 is 1. The summed E-state index contributed by atoms with van der Waals surface area (Å²) in [4.78, 5) is 6.66. The van der Waals surface area contributed by atoms with Crippen LogP contribution in [-0.4, -0.2) is 62.0 Å². The number of ether oxygens (including phenoxy) is 1. The molecular weight excluding hydrogens is 510 g/mol. The highest BCUT2D eigenvalue weighted by molar-refractivity contribution is 6.31. The van der Waals surface area contributed by atoms with E-state index in [-0.39, 0.29) is 17.1 Å². The Morgan fingerprint density at radius 2 is 1.82 bits per heavy atom. The van der Waals surface area contributed by atoms with Gasteiger partial charge in [0.05, 0.1) is 29.2 Å². The highest BCUT2D eigenvalue weighted by Crippen LogP contribution is 2.35. The summed E-state index contributed by atoms with van der Waals surface area (Å²) < 4.78 is 34.2. The van der Waals surface area contributed by atoms with Crippen LogP contribution in [-0.2, 0) is 13.0 Å². The van der Waals surface area contributed by atoms with Crippen molar-refractivity contribution in [1.29, 1.82) is 0 Å². The Bertz CT molecular complexity index is 1300. The molecule has 3 aromatic rings. The largest absolute Gasteiger partial charge is 0.494 e. The van der Waals surface area contributed by atoms with Crippen LogP contribution in [0.25, 0.3) is 0 Å². The molecule has 2 aliphatic heterocycles. The molecular formula is C28H33ClF2N6O. The van der Waals surface area contributed by atoms with E-state index in [1.165, 1.54) is 0 Å². The van der Waals surface area contributed by atoms with Crippen LogP contribution in [0.2, 0.25) is 5.02 Å². The van der Waals surface area contributed by atoms with Crippen molar-refractivity contribution in [3.8, 4) is 5.75 Å². The van der Waals surface area contributed by atoms with Crippen molar-refractivity contribution in [3.05, 3.63) is 64.3 Å². The van der Waals surface area contributed by atoms with Gasteiger partial charge in [0.2, 0.25) is 0 Å². The minimum absolute atomic E-state index is 0.137. The second-order valence-electron chi connectivity index (χ2n) is 10.1. The zero-order chi connectivity index (χ0) is 26.8. The number of anilines is 4. The third kappa shape index (κ3) is 5.49. The molecule has 0 amide bonds. The summed E-state index contributed by atoms with van der Waals surface area (Å²) in [7, 11) is 5.93. The van der Waals surface area contributed by atoms with E-state index in [1.54, 1.807) is 7.11 Å². The molecule has 2 aliphatic rings. The van der Waals surface area contributed by atoms with Gasteiger partial charge < -0.3 is 24.8 Å². The molecule has 7 nitrogen and oxygen atoms in total. The van der Waals surface area contributed by atoms with Crippen LogP contribution in [0, 0.1) is 11.6 Å². The molecule has 0 bridgehead atoms. The number of benzene rings is 2. The van der Waals surface area contributed by atoms with Crippen molar-refractivity contribution in [2.45, 2.75) is 38.3 Å². The summed E-state index contributed by atoms with van der Waals surface area (Å²) >= 11 is 6.11. The fourth-order valence-electron chi connectivity index (χ4n) is 5.31. The molecule has 0 atom stereocenters. The first-order valence-electron chi connectivity index (χ1n) is 12.9. The molecule has 0 unspecified atom stereocenters. The fourth-order valence-corrected chi connectivity index (χ4v) is 5.52. The quantitative estimate of drug-likeness (QED) is 0.387. The van der Waals surface area contributed by atoms with Crippen LogP contribution >= 0.6 is 11.6 Å². The number of hydrogen-bond acceptors (Lipinski definition) is 7. The zero-order valence-electron chi connectivity index (χ0n) is 22.0. The maximum atomic E-state index is 14.5. The van der Waals surface area contributed by atoms with Gasteiger partial charge >= 0.3 is 0 Å². The van der Waals surface area contributed by atoms with Gasteiger partial charge in [-0.15, -0.1) is 5.10 Å². The Balaban J connectivity index is 1.35. The number of aromatic nitrogens is 2. The highest BCUT2D eigenvalue weighted by atomic mass is 35.5. The van der Waals surface area contributed by atoms with Gasteiger partial charge in [-0.25, -0.2) is 8.78 Å². The first-order chi connectivity index (χ1) is 18.3. The normalized spacial score (nSPS) is 16.1. The van der Waals surface area contributed by atoms with Crippen molar-refractivity contribution < 1.29 is 13.5 Å². The number of piperidine rings is 1. The van der Waals surface area contributed by atoms with Gasteiger partial charge in [0.1, 0.15) is 17.4 Å². The van der Waals surface area contributed by atoms with Crippen LogP contribution in [0.5, 0.6) is 5.75 Å². The van der Waals surface area contributed by atoms with Gasteiger partial charge in [-0.1, -0.05) is 11.6 Å². The summed E-state index contributed by atoms with van der Waals surface area (Å²) in [5.41, 5.74) is 3.68. The van der Waals surface area contributed by atoms with E-state index in [0.29, 0.717) is 24.2 Å². The van der Waals surface area contributed by atoms with Gasteiger partial charge in [0.15, 0.2) is 5.82 Å². The van der Waals surface area contributed by atoms with Crippen molar-refractivity contribution in [2.75, 3.05) is 56.0 Å². The Hall–Kier alpha value is -3.17. The summed E-state index contributed by atoms with van der Waals surface area (Å²) in [5, 5.41) is 11.9. The van der Waals surface area contributed by atoms with E-state index in [9.17, 15) is 8.78 Å². The topological polar surface area (TPSA) is 56.8 Å². The maximum Gasteiger partial charge on any atom is 0.155 e. The molecule has 0 spiro atoms. The van der Waals surface area contributed by atoms with Gasteiger partial charge in [-0.3, -0.25) is 0 Å². The second-order valence-corrected chi connectivity index (χ2v) is 10.5. The standard InChI is InChI=1S/C28H33ClF2N6O/c1-35(2)18-10-13-36(14-11-18)19-6-9-24(26(15-19)38-3)32-27-16-25-23(33-34-27)5-4-12-37(25)17-20-21(30)7-8-22(31)28(20)29/h6-9,15-16,18H,4-5,10-14,17H2,1-3H3,(H,32,34). The summed E-state index contributed by atoms with van der Waals surface area (Å²) in [5.74, 6) is 0.0920. The Morgan fingerprint density at radius 1 is 1.05 bits per heavy atom. The van der Waals surface area contributed by atoms with Crippen LogP contribution in [0.1, 0.15) is 30.5 Å². The summed E-state index contributed by atoms with van der Waals surface area (Å²) in [6.45, 7) is 2.82. The average molecular weight is 543 g/mol. The zero-order valence-corrected chi connectivity index (χ0v) is 22.7. The molecule has 1 N–H and O–H groups in total. The third-order valence-electron chi connectivity index (χ3n) is 7.53. The van der Waals surface area contributed by atoms with Gasteiger partial charge in [0, 0.05) is 55.6 Å². The molecule has 0 saturated carbocycles. The molecule has 0 aliphatic carbocycles. The van der Waals surface area contributed by atoms with E-state index in [0.717, 1.165) is 73.7 Å². The van der Waals surface area contributed by atoms with Gasteiger partial charge in [0.25, 0.3) is 0 Å². The summed E-state index contributed by atoms with van der Waals surface area (Å²) in [6.07, 6.45) is 3.85. The Labute approximate surface area is 227 Å². The van der Waals surface area contributed by atoms with E-state index < -0.39 is 11.6 Å². The van der Waals surface area contributed by atoms with Crippen molar-refractivity contribution >= 4 is 34.5 Å². The third-order valence-corrected chi connectivity index (χ3v) is 7.93. The minimum Gasteiger partial charge on any atom is -0.494 e. The number of rotatable bonds is 7. The molecule has 1 fully saturated rings. The molecule has 5 rings (SSSR count). The van der Waals surface area contributed by atoms with Gasteiger partial charge in [-0.2, -0.15) is 5.10 Å². The lowest BCUT2D eigenvalue weighted by Crippen LogP contribution is -2.41. The molecule has 0 radical (unpaired) electrons. The van der Waals surface area contributed by atoms with E-state index in [4.69, 9.17) is 16.3 Å². The molecule has 1 saturated heterocycles. The van der Waals surface area contributed by atoms with E-state index >= 15 is 0 Å². The van der Waals surface area contributed by atoms with E-state index in [2.05, 4.69) is 45.5 Å². The van der Waals surface area contributed by atoms with Crippen LogP contribution in [0.3, 0.4) is 0 Å². The van der Waals surface area contributed by atoms with Crippen LogP contribution in [0.15, 0.2) is 36.4 Å². The first-order valence-corrected chi connectivity index (χ1v) is 13.3. The highest BCUT2D eigenvalue weighted by Gasteiger charge is 2.24. The number of nitrogens with zero attached hydrogens (tertiary/aromatic N) is 5. The van der Waals surface area contributed by atoms with Crippen LogP contribution in [0.4, 0.5) is 31.7 Å². The summed E-state index contributed by atoms with van der Waals surface area (Å²) in [6, 6.07) is 10.8. The van der Waals surface area contributed by atoms with Gasteiger partial charge in [-0.05, 0) is 64.0 Å². The Morgan fingerprint density at radius 3 is 2.55 bits per heavy atom. The minimum atomic E-state index is -0.631. The second kappa shape index (κ2) is 11.3. The van der Waals surface area contributed by atoms with E-state index in [1.807, 2.05) is 23.1 Å². The molecule has 38 heavy (non-hydrogen) atoms. The predicted molar refractivity (Wildman–Crippen MR) is 148 cm³/mol. The Kier molecular flexibility index (Phi) is 7.85. The number of nitrogens with one attached hydrogen (secondary N) is 1. The molecule has 2 aromatic carbocycles. The lowest BCUT2D eigenvalue weighted by molar-refractivity contribution is 0.249. The number of halogens is 3. The monoisotopic (exact) mass is 542 g/mol. The predicted octanol–water partition coefficient (Wildman–Crippen LogP) is 5.64. The van der Waals surface area contributed by atoms with Crippen LogP contribution < -0.4 is 19.9 Å². The number of hydrogen-bond donors (Lipinski definition) is 1. The fraction of sp³-hybridized carbons (Fsp3) is 0.429. The average Bonchev–Trinajstić information content (AvgIpc) is 2.93. The van der Waals surface area contributed by atoms with Crippen molar-refractivity contribution in [3.63, 3.8) is 0 Å². The molecule has 202 valence electrons. The lowest BCUT2D eigenvalue weighted by atomic mass is 10.0. The number of fused-ring (bicyclic) bond motifs is 1. The molecule has 3 heterocycles.